The Balaban J connectivity index is 1.92. The monoisotopic (exact) mass is 348 g/mol. The summed E-state index contributed by atoms with van der Waals surface area (Å²) in [7, 11) is 0. The summed E-state index contributed by atoms with van der Waals surface area (Å²) in [4.78, 5) is 18.8. The Morgan fingerprint density at radius 2 is 1.96 bits per heavy atom. The summed E-state index contributed by atoms with van der Waals surface area (Å²) in [5.74, 6) is -0.552. The lowest BCUT2D eigenvalue weighted by Crippen LogP contribution is -2.32. The molecule has 0 radical (unpaired) electrons. The van der Waals surface area contributed by atoms with Crippen molar-refractivity contribution in [1.29, 1.82) is 0 Å². The predicted octanol–water partition coefficient (Wildman–Crippen LogP) is 4.74. The van der Waals surface area contributed by atoms with Gasteiger partial charge in [-0.2, -0.15) is 0 Å². The smallest absolute Gasteiger partial charge is 0.259 e. The van der Waals surface area contributed by atoms with Crippen LogP contribution < -0.4 is 0 Å². The second-order valence-corrected chi connectivity index (χ2v) is 7.01. The van der Waals surface area contributed by atoms with Gasteiger partial charge in [0.25, 0.3) is 5.91 Å². The molecule has 0 aliphatic carbocycles. The van der Waals surface area contributed by atoms with E-state index in [0.29, 0.717) is 28.0 Å². The first-order chi connectivity index (χ1) is 11.0. The third-order valence-corrected chi connectivity index (χ3v) is 4.78. The molecule has 0 bridgehead atoms. The molecule has 1 aliphatic heterocycles. The topological polar surface area (TPSA) is 32.7 Å². The minimum absolute atomic E-state index is 0.187. The normalized spacial score (nSPS) is 19.3. The number of amides is 1. The van der Waals surface area contributed by atoms with Crippen molar-refractivity contribution < 1.29 is 9.18 Å². The molecule has 2 aromatic carbocycles. The van der Waals surface area contributed by atoms with Crippen LogP contribution in [0.25, 0.3) is 0 Å². The number of carbonyl (C=O) groups excluding carboxylic acids is 1. The first-order valence-electron chi connectivity index (χ1n) is 7.12. The number of thioether (sulfide) groups is 1. The van der Waals surface area contributed by atoms with E-state index in [1.807, 2.05) is 19.1 Å². The summed E-state index contributed by atoms with van der Waals surface area (Å²) in [6.45, 7) is 2.59. The van der Waals surface area contributed by atoms with Crippen molar-refractivity contribution in [3.8, 4) is 0 Å². The minimum Gasteiger partial charge on any atom is -0.286 e. The summed E-state index contributed by atoms with van der Waals surface area (Å²) in [6, 6.07) is 12.8. The van der Waals surface area contributed by atoms with Crippen LogP contribution in [-0.4, -0.2) is 27.8 Å². The van der Waals surface area contributed by atoms with Gasteiger partial charge in [-0.3, -0.25) is 9.69 Å². The van der Waals surface area contributed by atoms with E-state index in [1.54, 1.807) is 17.0 Å². The minimum atomic E-state index is -0.365. The third kappa shape index (κ3) is 3.57. The zero-order valence-electron chi connectivity index (χ0n) is 12.4. The van der Waals surface area contributed by atoms with Gasteiger partial charge in [0.1, 0.15) is 5.82 Å². The third-order valence-electron chi connectivity index (χ3n) is 3.38. The Kier molecular flexibility index (Phi) is 4.68. The number of hydrogen-bond donors (Lipinski definition) is 0. The van der Waals surface area contributed by atoms with Gasteiger partial charge in [0, 0.05) is 17.4 Å². The fraction of sp³-hybridized carbons (Fsp3) is 0.176. The quantitative estimate of drug-likeness (QED) is 0.785. The van der Waals surface area contributed by atoms with Crippen LogP contribution in [0.3, 0.4) is 0 Å². The maximum absolute atomic E-state index is 13.0. The van der Waals surface area contributed by atoms with Gasteiger partial charge in [0.2, 0.25) is 0 Å². The highest BCUT2D eigenvalue weighted by Crippen LogP contribution is 2.32. The summed E-state index contributed by atoms with van der Waals surface area (Å²) in [6.07, 6.45) is 0. The summed E-state index contributed by atoms with van der Waals surface area (Å²) >= 11 is 7.66. The molecular formula is C17H14ClFN2OS. The van der Waals surface area contributed by atoms with Crippen LogP contribution >= 0.6 is 23.4 Å². The second kappa shape index (κ2) is 6.72. The molecule has 1 saturated heterocycles. The lowest BCUT2D eigenvalue weighted by Gasteiger charge is -2.16. The molecule has 1 aliphatic rings. The van der Waals surface area contributed by atoms with Crippen molar-refractivity contribution in [1.82, 2.24) is 4.90 Å². The standard InChI is InChI=1S/C17H14ClFN2OS/c1-11-10-21(16(22)12-6-8-13(19)9-7-12)17(23-11)20-15-5-3-2-4-14(15)18/h2-9,11H,10H2,1H3. The van der Waals surface area contributed by atoms with E-state index in [1.165, 1.54) is 36.0 Å². The number of aliphatic imine (C=N–C) groups is 1. The summed E-state index contributed by atoms with van der Waals surface area (Å²) in [5.41, 5.74) is 1.07. The highest BCUT2D eigenvalue weighted by molar-refractivity contribution is 8.14. The first kappa shape index (κ1) is 16.0. The number of amidine groups is 1. The number of halogens is 2. The van der Waals surface area contributed by atoms with Crippen molar-refractivity contribution >= 4 is 40.1 Å². The van der Waals surface area contributed by atoms with Crippen molar-refractivity contribution in [3.63, 3.8) is 0 Å². The maximum atomic E-state index is 13.0. The Morgan fingerprint density at radius 1 is 1.26 bits per heavy atom. The molecule has 1 fully saturated rings. The maximum Gasteiger partial charge on any atom is 0.259 e. The van der Waals surface area contributed by atoms with E-state index >= 15 is 0 Å². The molecule has 6 heteroatoms. The number of para-hydroxylation sites is 1. The van der Waals surface area contributed by atoms with Gasteiger partial charge in [-0.15, -0.1) is 0 Å². The molecule has 118 valence electrons. The van der Waals surface area contributed by atoms with Crippen LogP contribution in [0.5, 0.6) is 0 Å². The van der Waals surface area contributed by atoms with Gasteiger partial charge in [-0.25, -0.2) is 9.38 Å². The molecule has 0 saturated carbocycles. The van der Waals surface area contributed by atoms with Crippen LogP contribution in [0.15, 0.2) is 53.5 Å². The zero-order chi connectivity index (χ0) is 16.4. The molecular weight excluding hydrogens is 335 g/mol. The van der Waals surface area contributed by atoms with E-state index in [0.717, 1.165) is 0 Å². The van der Waals surface area contributed by atoms with Crippen LogP contribution in [0.1, 0.15) is 17.3 Å². The molecule has 0 N–H and O–H groups in total. The van der Waals surface area contributed by atoms with Crippen LogP contribution in [0.4, 0.5) is 10.1 Å². The van der Waals surface area contributed by atoms with E-state index in [2.05, 4.69) is 4.99 Å². The Labute approximate surface area is 143 Å². The van der Waals surface area contributed by atoms with Crippen LogP contribution in [0.2, 0.25) is 5.02 Å². The van der Waals surface area contributed by atoms with E-state index in [9.17, 15) is 9.18 Å². The van der Waals surface area contributed by atoms with Gasteiger partial charge < -0.3 is 0 Å². The van der Waals surface area contributed by atoms with Gasteiger partial charge in [-0.05, 0) is 36.4 Å². The fourth-order valence-electron chi connectivity index (χ4n) is 2.27. The van der Waals surface area contributed by atoms with Gasteiger partial charge >= 0.3 is 0 Å². The van der Waals surface area contributed by atoms with E-state index < -0.39 is 0 Å². The number of rotatable bonds is 2. The lowest BCUT2D eigenvalue weighted by molar-refractivity contribution is 0.0855. The second-order valence-electron chi connectivity index (χ2n) is 5.20. The molecule has 23 heavy (non-hydrogen) atoms. The van der Waals surface area contributed by atoms with Gasteiger partial charge in [-0.1, -0.05) is 42.4 Å². The number of nitrogens with zero attached hydrogens (tertiary/aromatic N) is 2. The molecule has 3 nitrogen and oxygen atoms in total. The molecule has 1 heterocycles. The van der Waals surface area contributed by atoms with Crippen molar-refractivity contribution in [3.05, 3.63) is 64.9 Å². The predicted molar refractivity (Wildman–Crippen MR) is 93.0 cm³/mol. The molecule has 2 aromatic rings. The zero-order valence-corrected chi connectivity index (χ0v) is 13.9. The summed E-state index contributed by atoms with van der Waals surface area (Å²) < 4.78 is 13.0. The number of benzene rings is 2. The van der Waals surface area contributed by atoms with Crippen LogP contribution in [-0.2, 0) is 0 Å². The fourth-order valence-corrected chi connectivity index (χ4v) is 3.46. The SMILES string of the molecule is CC1CN(C(=O)c2ccc(F)cc2)C(=Nc2ccccc2Cl)S1. The van der Waals surface area contributed by atoms with Crippen LogP contribution in [0, 0.1) is 5.82 Å². The molecule has 1 unspecified atom stereocenters. The number of hydrogen-bond acceptors (Lipinski definition) is 3. The van der Waals surface area contributed by atoms with E-state index in [4.69, 9.17) is 11.6 Å². The van der Waals surface area contributed by atoms with Gasteiger partial charge in [0.05, 0.1) is 10.7 Å². The molecule has 1 amide bonds. The Hall–Kier alpha value is -1.85. The molecule has 0 aromatic heterocycles. The molecule has 3 rings (SSSR count). The van der Waals surface area contributed by atoms with Crippen molar-refractivity contribution in [2.45, 2.75) is 12.2 Å². The Bertz CT molecular complexity index is 763. The average molecular weight is 349 g/mol. The highest BCUT2D eigenvalue weighted by Gasteiger charge is 2.31. The summed E-state index contributed by atoms with van der Waals surface area (Å²) in [5, 5.41) is 1.38. The lowest BCUT2D eigenvalue weighted by atomic mass is 10.2. The van der Waals surface area contributed by atoms with Crippen molar-refractivity contribution in [2.75, 3.05) is 6.54 Å². The van der Waals surface area contributed by atoms with Crippen molar-refractivity contribution in [2.24, 2.45) is 4.99 Å². The largest absolute Gasteiger partial charge is 0.286 e. The molecule has 0 spiro atoms. The average Bonchev–Trinajstić information content (AvgIpc) is 2.90. The first-order valence-corrected chi connectivity index (χ1v) is 8.37. The number of carbonyl (C=O) groups is 1. The highest BCUT2D eigenvalue weighted by atomic mass is 35.5. The Morgan fingerprint density at radius 3 is 2.65 bits per heavy atom. The van der Waals surface area contributed by atoms with Gasteiger partial charge in [0.15, 0.2) is 5.17 Å². The molecule has 1 atom stereocenters. The van der Waals surface area contributed by atoms with E-state index in [-0.39, 0.29) is 17.0 Å².